The van der Waals surface area contributed by atoms with Gasteiger partial charge in [0.2, 0.25) is 11.8 Å². The van der Waals surface area contributed by atoms with E-state index >= 15 is 0 Å². The van der Waals surface area contributed by atoms with Gasteiger partial charge < -0.3 is 11.1 Å². The zero-order chi connectivity index (χ0) is 19.9. The van der Waals surface area contributed by atoms with Crippen molar-refractivity contribution in [3.63, 3.8) is 0 Å². The van der Waals surface area contributed by atoms with Crippen LogP contribution in [0.1, 0.15) is 24.0 Å². The predicted octanol–water partition coefficient (Wildman–Crippen LogP) is 3.42. The molecule has 1 fully saturated rings. The molecule has 0 radical (unpaired) electrons. The molecule has 5 nitrogen and oxygen atoms in total. The van der Waals surface area contributed by atoms with Crippen LogP contribution in [0.5, 0.6) is 0 Å². The molecule has 2 amide bonds. The molecule has 28 heavy (non-hydrogen) atoms. The minimum Gasteiger partial charge on any atom is -0.369 e. The average Bonchev–Trinajstić information content (AvgIpc) is 2.68. The number of nitrogens with zero attached hydrogens (tertiary/aromatic N) is 1. The van der Waals surface area contributed by atoms with Crippen molar-refractivity contribution in [1.29, 1.82) is 0 Å². The molecule has 6 heteroatoms. The van der Waals surface area contributed by atoms with Crippen LogP contribution in [0, 0.1) is 12.8 Å². The van der Waals surface area contributed by atoms with Crippen molar-refractivity contribution in [3.05, 3.63) is 59.7 Å². The number of nitrogens with one attached hydrogen (secondary N) is 1. The summed E-state index contributed by atoms with van der Waals surface area (Å²) in [5, 5.41) is 2.99. The Morgan fingerprint density at radius 1 is 1.14 bits per heavy atom. The van der Waals surface area contributed by atoms with Crippen LogP contribution in [0.3, 0.4) is 0 Å². The molecule has 1 heterocycles. The van der Waals surface area contributed by atoms with E-state index in [-0.39, 0.29) is 17.7 Å². The van der Waals surface area contributed by atoms with Crippen molar-refractivity contribution in [2.75, 3.05) is 24.2 Å². The van der Waals surface area contributed by atoms with Crippen molar-refractivity contribution >= 4 is 29.3 Å². The van der Waals surface area contributed by atoms with Crippen LogP contribution in [0.15, 0.2) is 53.4 Å². The van der Waals surface area contributed by atoms with Gasteiger partial charge in [-0.05, 0) is 62.2 Å². The molecule has 0 bridgehead atoms. The first-order valence-corrected chi connectivity index (χ1v) is 10.6. The number of hydrogen-bond donors (Lipinski definition) is 2. The fraction of sp³-hybridized carbons (Fsp3) is 0.364. The first kappa shape index (κ1) is 20.4. The second-order valence-electron chi connectivity index (χ2n) is 7.26. The number of nitrogens with two attached hydrogens (primary N) is 1. The third-order valence-electron chi connectivity index (χ3n) is 5.06. The summed E-state index contributed by atoms with van der Waals surface area (Å²) >= 11 is 1.55. The predicted molar refractivity (Wildman–Crippen MR) is 114 cm³/mol. The van der Waals surface area contributed by atoms with Crippen molar-refractivity contribution in [1.82, 2.24) is 4.90 Å². The third kappa shape index (κ3) is 5.84. The molecule has 0 aliphatic carbocycles. The van der Waals surface area contributed by atoms with Gasteiger partial charge >= 0.3 is 0 Å². The standard InChI is InChI=1S/C22H27N3O2S/c1-16-5-2-3-8-20(16)28-15-21(26)24-19-7-4-6-17(13-19)14-25-11-9-18(10-12-25)22(23)27/h2-8,13,18H,9-12,14-15H2,1H3,(H2,23,27)(H,24,26). The highest BCUT2D eigenvalue weighted by Gasteiger charge is 2.22. The normalized spacial score (nSPS) is 15.3. The fourth-order valence-corrected chi connectivity index (χ4v) is 4.27. The van der Waals surface area contributed by atoms with Gasteiger partial charge in [-0.1, -0.05) is 30.3 Å². The Morgan fingerprint density at radius 3 is 2.61 bits per heavy atom. The molecule has 1 aliphatic heterocycles. The zero-order valence-electron chi connectivity index (χ0n) is 16.2. The van der Waals surface area contributed by atoms with E-state index in [0.29, 0.717) is 5.75 Å². The lowest BCUT2D eigenvalue weighted by Crippen LogP contribution is -2.38. The van der Waals surface area contributed by atoms with E-state index in [2.05, 4.69) is 29.3 Å². The molecule has 0 atom stereocenters. The minimum atomic E-state index is -0.187. The largest absolute Gasteiger partial charge is 0.369 e. The third-order valence-corrected chi connectivity index (χ3v) is 6.23. The number of benzene rings is 2. The number of primary amides is 1. The lowest BCUT2D eigenvalue weighted by atomic mass is 9.96. The van der Waals surface area contributed by atoms with E-state index in [1.807, 2.05) is 36.4 Å². The van der Waals surface area contributed by atoms with Crippen LogP contribution in [0.25, 0.3) is 0 Å². The first-order chi connectivity index (χ1) is 13.5. The number of anilines is 1. The average molecular weight is 398 g/mol. The summed E-state index contributed by atoms with van der Waals surface area (Å²) in [7, 11) is 0. The number of rotatable bonds is 7. The zero-order valence-corrected chi connectivity index (χ0v) is 17.0. The van der Waals surface area contributed by atoms with E-state index in [0.717, 1.165) is 48.6 Å². The number of amides is 2. The van der Waals surface area contributed by atoms with E-state index in [1.54, 1.807) is 11.8 Å². The minimum absolute atomic E-state index is 0.00678. The molecule has 148 valence electrons. The summed E-state index contributed by atoms with van der Waals surface area (Å²) in [5.74, 6) is 0.198. The highest BCUT2D eigenvalue weighted by atomic mass is 32.2. The monoisotopic (exact) mass is 397 g/mol. The van der Waals surface area contributed by atoms with Gasteiger partial charge in [0.05, 0.1) is 5.75 Å². The summed E-state index contributed by atoms with van der Waals surface area (Å²) in [5.41, 5.74) is 8.56. The van der Waals surface area contributed by atoms with Crippen LogP contribution >= 0.6 is 11.8 Å². The molecular formula is C22H27N3O2S. The van der Waals surface area contributed by atoms with Crippen molar-refractivity contribution < 1.29 is 9.59 Å². The number of thioether (sulfide) groups is 1. The molecule has 0 saturated carbocycles. The molecule has 1 aliphatic rings. The molecular weight excluding hydrogens is 370 g/mol. The smallest absolute Gasteiger partial charge is 0.234 e. The Bertz CT molecular complexity index is 832. The molecule has 2 aromatic carbocycles. The van der Waals surface area contributed by atoms with Gasteiger partial charge in [-0.2, -0.15) is 0 Å². The van der Waals surface area contributed by atoms with Gasteiger partial charge in [0.1, 0.15) is 0 Å². The van der Waals surface area contributed by atoms with Gasteiger partial charge in [-0.3, -0.25) is 14.5 Å². The van der Waals surface area contributed by atoms with E-state index in [9.17, 15) is 9.59 Å². The number of carbonyl (C=O) groups is 2. The van der Waals surface area contributed by atoms with Crippen LogP contribution in [0.2, 0.25) is 0 Å². The van der Waals surface area contributed by atoms with Gasteiger partial charge in [0, 0.05) is 23.0 Å². The summed E-state index contributed by atoms with van der Waals surface area (Å²) < 4.78 is 0. The van der Waals surface area contributed by atoms with Crippen molar-refractivity contribution in [2.45, 2.75) is 31.2 Å². The van der Waals surface area contributed by atoms with Crippen LogP contribution in [0.4, 0.5) is 5.69 Å². The van der Waals surface area contributed by atoms with E-state index in [4.69, 9.17) is 5.73 Å². The topological polar surface area (TPSA) is 75.4 Å². The first-order valence-electron chi connectivity index (χ1n) is 9.60. The lowest BCUT2D eigenvalue weighted by Gasteiger charge is -2.30. The molecule has 0 aromatic heterocycles. The van der Waals surface area contributed by atoms with E-state index in [1.165, 1.54) is 5.56 Å². The second kappa shape index (κ2) is 9.75. The van der Waals surface area contributed by atoms with Crippen molar-refractivity contribution in [2.24, 2.45) is 11.7 Å². The number of carbonyl (C=O) groups excluding carboxylic acids is 2. The maximum atomic E-state index is 12.3. The van der Waals surface area contributed by atoms with Gasteiger partial charge in [-0.15, -0.1) is 11.8 Å². The Kier molecular flexibility index (Phi) is 7.12. The summed E-state index contributed by atoms with van der Waals surface area (Å²) in [6.45, 7) is 4.61. The van der Waals surface area contributed by atoms with Crippen LogP contribution < -0.4 is 11.1 Å². The maximum absolute atomic E-state index is 12.3. The Hall–Kier alpha value is -2.31. The molecule has 2 aromatic rings. The van der Waals surface area contributed by atoms with Crippen LogP contribution in [-0.2, 0) is 16.1 Å². The Labute approximate surface area is 170 Å². The summed E-state index contributed by atoms with van der Waals surface area (Å²) in [6.07, 6.45) is 1.64. The lowest BCUT2D eigenvalue weighted by molar-refractivity contribution is -0.123. The number of aryl methyl sites for hydroxylation is 1. The summed E-state index contributed by atoms with van der Waals surface area (Å²) in [6, 6.07) is 16.1. The van der Waals surface area contributed by atoms with E-state index < -0.39 is 0 Å². The Balaban J connectivity index is 1.50. The maximum Gasteiger partial charge on any atom is 0.234 e. The number of likely N-dealkylation sites (tertiary alicyclic amines) is 1. The highest BCUT2D eigenvalue weighted by molar-refractivity contribution is 8.00. The quantitative estimate of drug-likeness (QED) is 0.702. The Morgan fingerprint density at radius 2 is 1.89 bits per heavy atom. The molecule has 3 rings (SSSR count). The van der Waals surface area contributed by atoms with Gasteiger partial charge in [-0.25, -0.2) is 0 Å². The van der Waals surface area contributed by atoms with Gasteiger partial charge in [0.25, 0.3) is 0 Å². The van der Waals surface area contributed by atoms with Crippen LogP contribution in [-0.4, -0.2) is 35.6 Å². The molecule has 0 spiro atoms. The molecule has 1 saturated heterocycles. The molecule has 3 N–H and O–H groups in total. The summed E-state index contributed by atoms with van der Waals surface area (Å²) in [4.78, 5) is 27.1. The SMILES string of the molecule is Cc1ccccc1SCC(=O)Nc1cccc(CN2CCC(C(N)=O)CC2)c1. The number of piperidine rings is 1. The molecule has 0 unspecified atom stereocenters. The second-order valence-corrected chi connectivity index (χ2v) is 8.27. The number of hydrogen-bond acceptors (Lipinski definition) is 4. The highest BCUT2D eigenvalue weighted by Crippen LogP contribution is 2.23. The van der Waals surface area contributed by atoms with Gasteiger partial charge in [0.15, 0.2) is 0 Å². The fourth-order valence-electron chi connectivity index (χ4n) is 3.44. The van der Waals surface area contributed by atoms with Crippen molar-refractivity contribution in [3.8, 4) is 0 Å².